The molecule has 0 saturated heterocycles. The fourth-order valence-corrected chi connectivity index (χ4v) is 2.14. The minimum Gasteiger partial charge on any atom is -0.352 e. The topological polar surface area (TPSA) is 84.0 Å². The molecular formula is C16H19N3O3. The third kappa shape index (κ3) is 4.73. The van der Waals surface area contributed by atoms with Crippen molar-refractivity contribution in [3.8, 4) is 0 Å². The fraction of sp³-hybridized carbons (Fsp3) is 0.312. The zero-order chi connectivity index (χ0) is 15.9. The summed E-state index contributed by atoms with van der Waals surface area (Å²) in [5.41, 5.74) is 0.165. The summed E-state index contributed by atoms with van der Waals surface area (Å²) in [6.07, 6.45) is 3.01. The van der Waals surface area contributed by atoms with Gasteiger partial charge in [-0.15, -0.1) is 0 Å². The molecule has 0 aliphatic rings. The zero-order valence-electron chi connectivity index (χ0n) is 12.4. The van der Waals surface area contributed by atoms with E-state index >= 15 is 0 Å². The Morgan fingerprint density at radius 2 is 1.95 bits per heavy atom. The lowest BCUT2D eigenvalue weighted by atomic mass is 10.1. The maximum atomic E-state index is 11.9. The van der Waals surface area contributed by atoms with Gasteiger partial charge in [-0.3, -0.25) is 19.1 Å². The van der Waals surface area contributed by atoms with Gasteiger partial charge >= 0.3 is 5.69 Å². The molecule has 6 nitrogen and oxygen atoms in total. The number of benzene rings is 1. The summed E-state index contributed by atoms with van der Waals surface area (Å²) in [6.45, 7) is 1.82. The van der Waals surface area contributed by atoms with Crippen LogP contribution in [0.2, 0.25) is 0 Å². The number of aromatic amines is 1. The van der Waals surface area contributed by atoms with Crippen LogP contribution in [0.5, 0.6) is 0 Å². The van der Waals surface area contributed by atoms with Gasteiger partial charge in [0.2, 0.25) is 5.91 Å². The lowest BCUT2D eigenvalue weighted by Gasteiger charge is -2.14. The molecule has 1 heterocycles. The van der Waals surface area contributed by atoms with Gasteiger partial charge in [0.1, 0.15) is 6.54 Å². The van der Waals surface area contributed by atoms with Gasteiger partial charge in [-0.1, -0.05) is 30.3 Å². The summed E-state index contributed by atoms with van der Waals surface area (Å²) < 4.78 is 1.17. The van der Waals surface area contributed by atoms with E-state index in [2.05, 4.69) is 22.4 Å². The van der Waals surface area contributed by atoms with Gasteiger partial charge < -0.3 is 5.32 Å². The molecule has 0 bridgehead atoms. The van der Waals surface area contributed by atoms with E-state index in [1.807, 2.05) is 25.1 Å². The summed E-state index contributed by atoms with van der Waals surface area (Å²) in [7, 11) is 0. The first-order valence-corrected chi connectivity index (χ1v) is 7.17. The number of H-pyrrole nitrogens is 1. The summed E-state index contributed by atoms with van der Waals surface area (Å²) in [5.74, 6) is -0.255. The molecule has 6 heteroatoms. The number of nitrogens with zero attached hydrogens (tertiary/aromatic N) is 1. The Kier molecular flexibility index (Phi) is 5.30. The molecule has 1 aromatic heterocycles. The molecule has 1 atom stereocenters. The smallest absolute Gasteiger partial charge is 0.328 e. The molecular weight excluding hydrogens is 282 g/mol. The number of carbonyl (C=O) groups is 1. The second kappa shape index (κ2) is 7.40. The molecule has 22 heavy (non-hydrogen) atoms. The van der Waals surface area contributed by atoms with Crippen molar-refractivity contribution in [3.63, 3.8) is 0 Å². The first kappa shape index (κ1) is 15.8. The van der Waals surface area contributed by atoms with Crippen molar-refractivity contribution in [2.75, 3.05) is 0 Å². The van der Waals surface area contributed by atoms with Gasteiger partial charge in [0, 0.05) is 18.3 Å². The van der Waals surface area contributed by atoms with Crippen molar-refractivity contribution in [1.82, 2.24) is 14.9 Å². The second-order valence-electron chi connectivity index (χ2n) is 5.23. The van der Waals surface area contributed by atoms with Crippen LogP contribution in [-0.4, -0.2) is 21.5 Å². The van der Waals surface area contributed by atoms with Crippen molar-refractivity contribution in [2.45, 2.75) is 32.4 Å². The third-order valence-corrected chi connectivity index (χ3v) is 3.33. The Bertz CT molecular complexity index is 734. The quantitative estimate of drug-likeness (QED) is 0.822. The van der Waals surface area contributed by atoms with Crippen LogP contribution in [0, 0.1) is 0 Å². The second-order valence-corrected chi connectivity index (χ2v) is 5.23. The van der Waals surface area contributed by atoms with Crippen molar-refractivity contribution < 1.29 is 4.79 Å². The molecule has 0 aliphatic heterocycles. The first-order valence-electron chi connectivity index (χ1n) is 7.17. The van der Waals surface area contributed by atoms with E-state index in [1.165, 1.54) is 22.4 Å². The molecule has 1 aromatic carbocycles. The molecule has 0 spiro atoms. The number of rotatable bonds is 6. The number of amides is 1. The summed E-state index contributed by atoms with van der Waals surface area (Å²) in [6, 6.07) is 11.3. The summed E-state index contributed by atoms with van der Waals surface area (Å²) in [4.78, 5) is 36.5. The summed E-state index contributed by atoms with van der Waals surface area (Å²) in [5, 5.41) is 2.85. The minimum atomic E-state index is -0.584. The first-order chi connectivity index (χ1) is 10.5. The van der Waals surface area contributed by atoms with Gasteiger partial charge in [-0.2, -0.15) is 0 Å². The van der Waals surface area contributed by atoms with Gasteiger partial charge in [-0.25, -0.2) is 4.79 Å². The number of aromatic nitrogens is 2. The Hall–Kier alpha value is -2.63. The lowest BCUT2D eigenvalue weighted by Crippen LogP contribution is -2.39. The normalized spacial score (nSPS) is 11.9. The highest BCUT2D eigenvalue weighted by molar-refractivity contribution is 5.75. The molecule has 2 N–H and O–H groups in total. The zero-order valence-corrected chi connectivity index (χ0v) is 12.4. The Balaban J connectivity index is 1.83. The number of hydrogen-bond donors (Lipinski definition) is 2. The van der Waals surface area contributed by atoms with Crippen LogP contribution in [0.25, 0.3) is 0 Å². The van der Waals surface area contributed by atoms with Crippen molar-refractivity contribution >= 4 is 5.91 Å². The van der Waals surface area contributed by atoms with Gasteiger partial charge in [-0.05, 0) is 25.3 Å². The van der Waals surface area contributed by atoms with Gasteiger partial charge in [0.25, 0.3) is 5.56 Å². The molecule has 0 radical (unpaired) electrons. The largest absolute Gasteiger partial charge is 0.352 e. The molecule has 1 amide bonds. The van der Waals surface area contributed by atoms with Crippen LogP contribution < -0.4 is 16.6 Å². The van der Waals surface area contributed by atoms with E-state index in [9.17, 15) is 14.4 Å². The number of carbonyl (C=O) groups excluding carboxylic acids is 1. The Morgan fingerprint density at radius 1 is 1.23 bits per heavy atom. The Morgan fingerprint density at radius 3 is 2.64 bits per heavy atom. The lowest BCUT2D eigenvalue weighted by molar-refractivity contribution is -0.122. The van der Waals surface area contributed by atoms with Crippen molar-refractivity contribution in [3.05, 3.63) is 69.0 Å². The molecule has 0 saturated carbocycles. The van der Waals surface area contributed by atoms with Crippen LogP contribution >= 0.6 is 0 Å². The van der Waals surface area contributed by atoms with Crippen molar-refractivity contribution in [2.24, 2.45) is 0 Å². The van der Waals surface area contributed by atoms with E-state index in [0.29, 0.717) is 0 Å². The number of nitrogens with one attached hydrogen (secondary N) is 2. The third-order valence-electron chi connectivity index (χ3n) is 3.33. The highest BCUT2D eigenvalue weighted by Crippen LogP contribution is 2.04. The predicted octanol–water partition coefficient (Wildman–Crippen LogP) is 0.674. The Labute approximate surface area is 127 Å². The van der Waals surface area contributed by atoms with Gasteiger partial charge in [0.15, 0.2) is 0 Å². The van der Waals surface area contributed by atoms with Crippen LogP contribution in [-0.2, 0) is 17.8 Å². The number of aryl methyl sites for hydroxylation is 1. The average molecular weight is 301 g/mol. The molecule has 0 fully saturated rings. The SMILES string of the molecule is CC(CCc1ccccc1)NC(=O)Cn1ccc(=O)[nH]c1=O. The highest BCUT2D eigenvalue weighted by atomic mass is 16.2. The van der Waals surface area contributed by atoms with E-state index in [1.54, 1.807) is 0 Å². The van der Waals surface area contributed by atoms with Crippen LogP contribution in [0.3, 0.4) is 0 Å². The molecule has 0 aliphatic carbocycles. The van der Waals surface area contributed by atoms with Crippen molar-refractivity contribution in [1.29, 1.82) is 0 Å². The molecule has 2 rings (SSSR count). The summed E-state index contributed by atoms with van der Waals surface area (Å²) >= 11 is 0. The standard InChI is InChI=1S/C16H19N3O3/c1-12(7-8-13-5-3-2-4-6-13)17-15(21)11-19-10-9-14(20)18-16(19)22/h2-6,9-10,12H,7-8,11H2,1H3,(H,17,21)(H,18,20,22). The van der Waals surface area contributed by atoms with E-state index in [0.717, 1.165) is 12.8 Å². The number of hydrogen-bond acceptors (Lipinski definition) is 3. The predicted molar refractivity (Wildman–Crippen MR) is 83.7 cm³/mol. The van der Waals surface area contributed by atoms with E-state index in [4.69, 9.17) is 0 Å². The van der Waals surface area contributed by atoms with E-state index < -0.39 is 11.2 Å². The molecule has 1 unspecified atom stereocenters. The van der Waals surface area contributed by atoms with Gasteiger partial charge in [0.05, 0.1) is 0 Å². The molecule has 116 valence electrons. The van der Waals surface area contributed by atoms with Crippen LogP contribution in [0.1, 0.15) is 18.9 Å². The monoisotopic (exact) mass is 301 g/mol. The van der Waals surface area contributed by atoms with Crippen LogP contribution in [0.15, 0.2) is 52.2 Å². The fourth-order valence-electron chi connectivity index (χ4n) is 2.14. The molecule has 2 aromatic rings. The highest BCUT2D eigenvalue weighted by Gasteiger charge is 2.09. The van der Waals surface area contributed by atoms with E-state index in [-0.39, 0.29) is 18.5 Å². The maximum Gasteiger partial charge on any atom is 0.328 e. The van der Waals surface area contributed by atoms with Crippen LogP contribution in [0.4, 0.5) is 0 Å². The maximum absolute atomic E-state index is 11.9. The average Bonchev–Trinajstić information content (AvgIpc) is 2.49. The minimum absolute atomic E-state index is 0.00571.